The number of fused-ring (bicyclic) bond motifs is 3. The Balaban J connectivity index is 0.976. The summed E-state index contributed by atoms with van der Waals surface area (Å²) < 4.78 is 53.4. The Morgan fingerprint density at radius 2 is 1.61 bits per heavy atom. The van der Waals surface area contributed by atoms with Crippen LogP contribution in [0.4, 0.5) is 5.69 Å². The van der Waals surface area contributed by atoms with Crippen molar-refractivity contribution in [2.75, 3.05) is 38.8 Å². The quantitative estimate of drug-likeness (QED) is 0.0920. The number of methoxy groups -OCH3 is 2. The van der Waals surface area contributed by atoms with E-state index >= 15 is 0 Å². The van der Waals surface area contributed by atoms with E-state index in [-0.39, 0.29) is 42.2 Å². The highest BCUT2D eigenvalue weighted by molar-refractivity contribution is 7.89. The van der Waals surface area contributed by atoms with Crippen molar-refractivity contribution >= 4 is 33.3 Å². The average molecular weight is 912 g/mol. The van der Waals surface area contributed by atoms with Gasteiger partial charge in [-0.1, -0.05) is 48.0 Å². The molecule has 1 saturated carbocycles. The van der Waals surface area contributed by atoms with Crippen LogP contribution in [0.15, 0.2) is 96.6 Å². The van der Waals surface area contributed by atoms with Crippen molar-refractivity contribution in [2.24, 2.45) is 17.8 Å². The second-order valence-electron chi connectivity index (χ2n) is 19.5. The third kappa shape index (κ3) is 9.98. The zero-order valence-electron chi connectivity index (χ0n) is 38.0. The first-order valence-electron chi connectivity index (χ1n) is 22.7. The van der Waals surface area contributed by atoms with Crippen LogP contribution in [0.1, 0.15) is 98.8 Å². The summed E-state index contributed by atoms with van der Waals surface area (Å²) >= 11 is 6.50. The number of nitrogens with zero attached hydrogens (tertiary/aromatic N) is 2. The molecule has 1 N–H and O–H groups in total. The van der Waals surface area contributed by atoms with Crippen molar-refractivity contribution in [3.63, 3.8) is 0 Å². The fourth-order valence-electron chi connectivity index (χ4n) is 10.2. The van der Waals surface area contributed by atoms with Crippen LogP contribution < -0.4 is 19.1 Å². The van der Waals surface area contributed by atoms with Crippen LogP contribution in [0.25, 0.3) is 0 Å². The zero-order valence-corrected chi connectivity index (χ0v) is 39.6. The molecule has 1 heterocycles. The van der Waals surface area contributed by atoms with Crippen LogP contribution >= 0.6 is 11.6 Å². The number of anilines is 1. The van der Waals surface area contributed by atoms with Crippen molar-refractivity contribution in [2.45, 2.75) is 108 Å². The normalized spacial score (nSPS) is 22.7. The van der Waals surface area contributed by atoms with E-state index in [4.69, 9.17) is 30.5 Å². The predicted molar refractivity (Wildman–Crippen MR) is 252 cm³/mol. The van der Waals surface area contributed by atoms with Gasteiger partial charge in [-0.15, -0.1) is 0 Å². The standard InChI is InChI=1S/C52H63ClN2O8S/c1-34(64(58,59)55(29-35-9-16-43(60-5)17-10-35)30-36-11-18-44(61-6)19-12-36)24-37-25-41(26-37)49(56)45-20-13-40(45)31-54-32-52(23-7-8-38-27-42(53)15-21-46(38)52)33-62-48-22-14-39(28-47(48)54)50(57)63-51(2,3)4/h9-12,14-19,21-22,25,27-28,34,37,40,45,49,56H,7-8,13,20,23-24,26,29-33H2,1-6H3/t34?,37?,40-,45+,49+,52-/m0/s1. The number of hydrogen-bond acceptors (Lipinski definition) is 9. The van der Waals surface area contributed by atoms with E-state index in [0.29, 0.717) is 49.6 Å². The second-order valence-corrected chi connectivity index (χ2v) is 22.3. The minimum absolute atomic E-state index is 0.0532. The summed E-state index contributed by atoms with van der Waals surface area (Å²) in [6.07, 6.45) is 7.48. The van der Waals surface area contributed by atoms with E-state index in [1.54, 1.807) is 31.5 Å². The summed E-state index contributed by atoms with van der Waals surface area (Å²) in [5.41, 5.74) is 5.71. The van der Waals surface area contributed by atoms with Crippen LogP contribution in [-0.4, -0.2) is 74.7 Å². The summed E-state index contributed by atoms with van der Waals surface area (Å²) in [6.45, 7) is 9.79. The maximum Gasteiger partial charge on any atom is 0.338 e. The fraction of sp³-hybridized carbons (Fsp3) is 0.481. The molecule has 0 bridgehead atoms. The topological polar surface area (TPSA) is 115 Å². The molecule has 1 aliphatic heterocycles. The number of carbonyl (C=O) groups excluding carboxylic acids is 1. The first-order valence-corrected chi connectivity index (χ1v) is 24.6. The molecule has 0 radical (unpaired) electrons. The number of allylic oxidation sites excluding steroid dienone is 1. The molecule has 4 aromatic rings. The van der Waals surface area contributed by atoms with E-state index in [9.17, 15) is 18.3 Å². The number of ether oxygens (including phenoxy) is 4. The smallest absolute Gasteiger partial charge is 0.338 e. The summed E-state index contributed by atoms with van der Waals surface area (Å²) in [7, 11) is -0.501. The number of aryl methyl sites for hydroxylation is 1. The maximum atomic E-state index is 14.4. The van der Waals surface area contributed by atoms with E-state index in [1.807, 2.05) is 87.5 Å². The van der Waals surface area contributed by atoms with Crippen LogP contribution in [0.2, 0.25) is 5.02 Å². The molecule has 4 aromatic carbocycles. The molecule has 4 aliphatic rings. The molecule has 8 rings (SSSR count). The molecule has 12 heteroatoms. The Bertz CT molecular complexity index is 2400. The van der Waals surface area contributed by atoms with Gasteiger partial charge in [0.05, 0.1) is 43.4 Å². The fourth-order valence-corrected chi connectivity index (χ4v) is 12.1. The number of rotatable bonds is 15. The molecule has 2 unspecified atom stereocenters. The Hall–Kier alpha value is -4.55. The van der Waals surface area contributed by atoms with Gasteiger partial charge in [-0.2, -0.15) is 4.31 Å². The van der Waals surface area contributed by atoms with Crippen molar-refractivity contribution < 1.29 is 37.3 Å². The molecular formula is C52H63ClN2O8S. The number of hydrogen-bond donors (Lipinski definition) is 1. The van der Waals surface area contributed by atoms with E-state index in [0.717, 1.165) is 65.3 Å². The molecule has 1 fully saturated rings. The van der Waals surface area contributed by atoms with Crippen LogP contribution in [0.5, 0.6) is 17.2 Å². The van der Waals surface area contributed by atoms with Crippen molar-refractivity contribution in [1.29, 1.82) is 0 Å². The molecule has 6 atom stereocenters. The number of aliphatic hydroxyl groups is 1. The molecule has 0 aromatic heterocycles. The highest BCUT2D eigenvalue weighted by Crippen LogP contribution is 2.48. The van der Waals surface area contributed by atoms with Crippen LogP contribution in [-0.2, 0) is 39.7 Å². The molecule has 0 amide bonds. The molecule has 10 nitrogen and oxygen atoms in total. The van der Waals surface area contributed by atoms with Gasteiger partial charge in [0, 0.05) is 36.6 Å². The third-order valence-corrected chi connectivity index (χ3v) is 16.3. The number of halogens is 1. The Kier molecular flexibility index (Phi) is 13.5. The number of aliphatic hydroxyl groups excluding tert-OH is 1. The SMILES string of the molecule is COc1ccc(CN(Cc2ccc(OC)cc2)S(=O)(=O)C(C)CC2C=C([C@@H](O)[C@@H]3CC[C@H]3CN3C[C@@]4(CCCc5cc(Cl)ccc54)COc4ccc(C(=O)OC(C)(C)C)cc43)C2)cc1. The highest BCUT2D eigenvalue weighted by Gasteiger charge is 2.46. The molecule has 64 heavy (non-hydrogen) atoms. The Morgan fingerprint density at radius 1 is 0.953 bits per heavy atom. The van der Waals surface area contributed by atoms with E-state index < -0.39 is 27.0 Å². The van der Waals surface area contributed by atoms with Gasteiger partial charge in [0.1, 0.15) is 22.8 Å². The van der Waals surface area contributed by atoms with Gasteiger partial charge in [0.15, 0.2) is 0 Å². The minimum Gasteiger partial charge on any atom is -0.497 e. The average Bonchev–Trinajstić information content (AvgIpc) is 3.39. The van der Waals surface area contributed by atoms with Crippen molar-refractivity contribution in [3.05, 3.63) is 129 Å². The van der Waals surface area contributed by atoms with E-state index in [2.05, 4.69) is 23.1 Å². The number of esters is 1. The van der Waals surface area contributed by atoms with Gasteiger partial charge >= 0.3 is 5.97 Å². The van der Waals surface area contributed by atoms with Crippen molar-refractivity contribution in [3.8, 4) is 17.2 Å². The first-order chi connectivity index (χ1) is 30.5. The van der Waals surface area contributed by atoms with E-state index in [1.165, 1.54) is 11.1 Å². The molecule has 0 saturated heterocycles. The zero-order chi connectivity index (χ0) is 45.4. The lowest BCUT2D eigenvalue weighted by Crippen LogP contribution is -2.50. The number of sulfonamides is 1. The molecular weight excluding hydrogens is 848 g/mol. The monoisotopic (exact) mass is 910 g/mol. The van der Waals surface area contributed by atoms with Crippen LogP contribution in [0, 0.1) is 17.8 Å². The third-order valence-electron chi connectivity index (χ3n) is 13.9. The Morgan fingerprint density at radius 3 is 2.20 bits per heavy atom. The number of benzene rings is 4. The largest absolute Gasteiger partial charge is 0.497 e. The molecule has 3 aliphatic carbocycles. The van der Waals surface area contributed by atoms with Gasteiger partial charge in [0.25, 0.3) is 0 Å². The predicted octanol–water partition coefficient (Wildman–Crippen LogP) is 9.93. The lowest BCUT2D eigenvalue weighted by molar-refractivity contribution is 0.00694. The lowest BCUT2D eigenvalue weighted by atomic mass is 9.65. The molecule has 1 spiro atoms. The van der Waals surface area contributed by atoms with Gasteiger partial charge < -0.3 is 29.0 Å². The van der Waals surface area contributed by atoms with Gasteiger partial charge in [-0.3, -0.25) is 0 Å². The second kappa shape index (κ2) is 18.7. The summed E-state index contributed by atoms with van der Waals surface area (Å²) in [6, 6.07) is 26.9. The molecule has 342 valence electrons. The minimum atomic E-state index is -3.72. The lowest BCUT2D eigenvalue weighted by Gasteiger charge is -2.47. The summed E-state index contributed by atoms with van der Waals surface area (Å²) in [5, 5.41) is 12.0. The summed E-state index contributed by atoms with van der Waals surface area (Å²) in [5.74, 6) is 2.11. The Labute approximate surface area is 384 Å². The first kappa shape index (κ1) is 46.0. The van der Waals surface area contributed by atoms with Gasteiger partial charge in [0.2, 0.25) is 10.0 Å². The summed E-state index contributed by atoms with van der Waals surface area (Å²) in [4.78, 5) is 15.8. The highest BCUT2D eigenvalue weighted by atomic mass is 35.5. The maximum absolute atomic E-state index is 14.4. The number of carbonyl (C=O) groups is 1. The van der Waals surface area contributed by atoms with Gasteiger partial charge in [-0.05, 0) is 173 Å². The van der Waals surface area contributed by atoms with Crippen molar-refractivity contribution in [1.82, 2.24) is 4.31 Å². The van der Waals surface area contributed by atoms with Crippen LogP contribution in [0.3, 0.4) is 0 Å². The van der Waals surface area contributed by atoms with Gasteiger partial charge in [-0.25, -0.2) is 13.2 Å².